The third kappa shape index (κ3) is 4.22. The fourth-order valence-corrected chi connectivity index (χ4v) is 4.32. The van der Waals surface area contributed by atoms with Gasteiger partial charge < -0.3 is 10.6 Å². The van der Waals surface area contributed by atoms with Gasteiger partial charge in [0.1, 0.15) is 5.52 Å². The van der Waals surface area contributed by atoms with Crippen molar-refractivity contribution in [1.82, 2.24) is 15.0 Å². The molecule has 5 nitrogen and oxygen atoms in total. The van der Waals surface area contributed by atoms with E-state index in [2.05, 4.69) is 31.5 Å². The summed E-state index contributed by atoms with van der Waals surface area (Å²) in [6.45, 7) is 0. The van der Waals surface area contributed by atoms with E-state index in [9.17, 15) is 0 Å². The van der Waals surface area contributed by atoms with E-state index in [0.717, 1.165) is 21.6 Å². The smallest absolute Gasteiger partial charge is 0.180 e. The van der Waals surface area contributed by atoms with E-state index in [1.54, 1.807) is 6.20 Å². The van der Waals surface area contributed by atoms with Gasteiger partial charge in [0.05, 0.1) is 0 Å². The lowest BCUT2D eigenvalue weighted by atomic mass is 9.95. The number of hydrogen-bond acceptors (Lipinski definition) is 5. The van der Waals surface area contributed by atoms with Gasteiger partial charge in [-0.3, -0.25) is 0 Å². The van der Waals surface area contributed by atoms with Crippen LogP contribution in [0.15, 0.2) is 16.7 Å². The average molecular weight is 404 g/mol. The van der Waals surface area contributed by atoms with E-state index < -0.39 is 0 Å². The molecule has 0 aliphatic heterocycles. The van der Waals surface area contributed by atoms with Crippen LogP contribution in [0.5, 0.6) is 0 Å². The van der Waals surface area contributed by atoms with Gasteiger partial charge >= 0.3 is 0 Å². The molecule has 0 spiro atoms. The molecule has 2 aromatic heterocycles. The van der Waals surface area contributed by atoms with E-state index >= 15 is 0 Å². The number of nitrogens with zero attached hydrogens (tertiary/aromatic N) is 3. The number of pyridine rings is 1. The third-order valence-electron chi connectivity index (χ3n) is 5.38. The standard InChI is InChI=1S/C19H26BrN5/c20-13-11-16-17(21-12-13)25-19(23-15-9-5-2-6-10-15)18(24-16)22-14-7-3-1-4-8-14/h11-12,14-15H,1-10H2,(H,22,24)(H,21,23,25). The number of nitrogens with one attached hydrogen (secondary N) is 2. The number of fused-ring (bicyclic) bond motifs is 1. The lowest BCUT2D eigenvalue weighted by molar-refractivity contribution is 0.458. The maximum atomic E-state index is 4.87. The maximum Gasteiger partial charge on any atom is 0.180 e. The van der Waals surface area contributed by atoms with E-state index in [4.69, 9.17) is 9.97 Å². The molecule has 2 aromatic rings. The molecule has 0 unspecified atom stereocenters. The van der Waals surface area contributed by atoms with Gasteiger partial charge in [0.25, 0.3) is 0 Å². The summed E-state index contributed by atoms with van der Waals surface area (Å²) < 4.78 is 0.936. The molecule has 0 radical (unpaired) electrons. The van der Waals surface area contributed by atoms with Crippen molar-refractivity contribution in [2.75, 3.05) is 10.6 Å². The van der Waals surface area contributed by atoms with Gasteiger partial charge in [-0.25, -0.2) is 15.0 Å². The fraction of sp³-hybridized carbons (Fsp3) is 0.632. The Labute approximate surface area is 157 Å². The van der Waals surface area contributed by atoms with Crippen LogP contribution >= 0.6 is 15.9 Å². The zero-order valence-corrected chi connectivity index (χ0v) is 16.2. The second kappa shape index (κ2) is 7.85. The molecule has 2 N–H and O–H groups in total. The van der Waals surface area contributed by atoms with Crippen molar-refractivity contribution in [2.45, 2.75) is 76.3 Å². The molecular weight excluding hydrogens is 378 g/mol. The lowest BCUT2D eigenvalue weighted by Gasteiger charge is -2.27. The van der Waals surface area contributed by atoms with Crippen molar-refractivity contribution in [1.29, 1.82) is 0 Å². The number of halogens is 1. The van der Waals surface area contributed by atoms with Crippen LogP contribution in [-0.4, -0.2) is 27.0 Å². The lowest BCUT2D eigenvalue weighted by Crippen LogP contribution is -2.27. The molecule has 134 valence electrons. The van der Waals surface area contributed by atoms with Crippen LogP contribution in [0.4, 0.5) is 11.6 Å². The number of aromatic nitrogens is 3. The Morgan fingerprint density at radius 1 is 0.800 bits per heavy atom. The normalized spacial score (nSPS) is 19.9. The molecule has 2 saturated carbocycles. The minimum atomic E-state index is 0.503. The fourth-order valence-electron chi connectivity index (χ4n) is 4.00. The first-order valence-corrected chi connectivity index (χ1v) is 10.4. The predicted molar refractivity (Wildman–Crippen MR) is 106 cm³/mol. The molecule has 0 amide bonds. The molecule has 2 aliphatic rings. The van der Waals surface area contributed by atoms with Crippen molar-refractivity contribution < 1.29 is 0 Å². The van der Waals surface area contributed by atoms with Crippen LogP contribution in [0.1, 0.15) is 64.2 Å². The minimum Gasteiger partial charge on any atom is -0.364 e. The average Bonchev–Trinajstić information content (AvgIpc) is 2.64. The molecule has 0 bridgehead atoms. The minimum absolute atomic E-state index is 0.503. The summed E-state index contributed by atoms with van der Waals surface area (Å²) in [5, 5.41) is 7.33. The van der Waals surface area contributed by atoms with Crippen molar-refractivity contribution in [3.63, 3.8) is 0 Å². The van der Waals surface area contributed by atoms with Crippen LogP contribution in [0.2, 0.25) is 0 Å². The Balaban J connectivity index is 1.64. The topological polar surface area (TPSA) is 62.7 Å². The summed E-state index contributed by atoms with van der Waals surface area (Å²) in [5.74, 6) is 1.77. The number of anilines is 2. The van der Waals surface area contributed by atoms with Crippen molar-refractivity contribution in [3.05, 3.63) is 16.7 Å². The highest BCUT2D eigenvalue weighted by Gasteiger charge is 2.20. The second-order valence-corrected chi connectivity index (χ2v) is 8.29. The summed E-state index contributed by atoms with van der Waals surface area (Å²) in [4.78, 5) is 14.1. The largest absolute Gasteiger partial charge is 0.364 e. The van der Waals surface area contributed by atoms with Gasteiger partial charge in [-0.2, -0.15) is 0 Å². The van der Waals surface area contributed by atoms with Gasteiger partial charge in [-0.05, 0) is 47.7 Å². The number of rotatable bonds is 4. The Hall–Kier alpha value is -1.43. The van der Waals surface area contributed by atoms with Crippen LogP contribution in [0.25, 0.3) is 11.2 Å². The predicted octanol–water partition coefficient (Wildman–Crippen LogP) is 5.28. The summed E-state index contributed by atoms with van der Waals surface area (Å²) in [6, 6.07) is 3.00. The zero-order valence-electron chi connectivity index (χ0n) is 14.6. The number of hydrogen-bond donors (Lipinski definition) is 2. The second-order valence-electron chi connectivity index (χ2n) is 7.38. The Kier molecular flexibility index (Phi) is 5.34. The van der Waals surface area contributed by atoms with Crippen molar-refractivity contribution >= 4 is 38.7 Å². The molecule has 25 heavy (non-hydrogen) atoms. The Morgan fingerprint density at radius 2 is 1.36 bits per heavy atom. The molecule has 2 fully saturated rings. The summed E-state index contributed by atoms with van der Waals surface area (Å²) >= 11 is 3.49. The summed E-state index contributed by atoms with van der Waals surface area (Å²) in [6.07, 6.45) is 14.6. The molecule has 4 rings (SSSR count). The van der Waals surface area contributed by atoms with Crippen LogP contribution in [0.3, 0.4) is 0 Å². The molecule has 6 heteroatoms. The van der Waals surface area contributed by atoms with E-state index in [1.807, 2.05) is 6.07 Å². The summed E-state index contributed by atoms with van der Waals surface area (Å²) in [5.41, 5.74) is 1.54. The Bertz CT molecular complexity index is 723. The first-order valence-electron chi connectivity index (χ1n) is 9.64. The monoisotopic (exact) mass is 403 g/mol. The molecular formula is C19H26BrN5. The SMILES string of the molecule is Brc1cnc2nc(NC3CCCCC3)c(NC3CCCCC3)nc2c1. The quantitative estimate of drug-likeness (QED) is 0.726. The first kappa shape index (κ1) is 17.0. The van der Waals surface area contributed by atoms with Crippen LogP contribution in [0, 0.1) is 0 Å². The van der Waals surface area contributed by atoms with E-state index in [0.29, 0.717) is 17.7 Å². The Morgan fingerprint density at radius 3 is 1.96 bits per heavy atom. The van der Waals surface area contributed by atoms with Gasteiger partial charge in [0.2, 0.25) is 0 Å². The highest BCUT2D eigenvalue weighted by Crippen LogP contribution is 2.29. The highest BCUT2D eigenvalue weighted by atomic mass is 79.9. The maximum absolute atomic E-state index is 4.87. The molecule has 2 aliphatic carbocycles. The molecule has 0 atom stereocenters. The van der Waals surface area contributed by atoms with E-state index in [1.165, 1.54) is 64.2 Å². The van der Waals surface area contributed by atoms with Gasteiger partial charge in [0.15, 0.2) is 17.3 Å². The van der Waals surface area contributed by atoms with Gasteiger partial charge in [-0.15, -0.1) is 0 Å². The van der Waals surface area contributed by atoms with Gasteiger partial charge in [0, 0.05) is 22.8 Å². The molecule has 2 heterocycles. The third-order valence-corrected chi connectivity index (χ3v) is 5.81. The van der Waals surface area contributed by atoms with Gasteiger partial charge in [-0.1, -0.05) is 38.5 Å². The van der Waals surface area contributed by atoms with Crippen LogP contribution < -0.4 is 10.6 Å². The van der Waals surface area contributed by atoms with Crippen LogP contribution in [-0.2, 0) is 0 Å². The van der Waals surface area contributed by atoms with Crippen molar-refractivity contribution in [3.8, 4) is 0 Å². The summed E-state index contributed by atoms with van der Waals surface area (Å²) in [7, 11) is 0. The zero-order chi connectivity index (χ0) is 17.1. The first-order chi connectivity index (χ1) is 12.3. The molecule has 0 aromatic carbocycles. The van der Waals surface area contributed by atoms with Crippen molar-refractivity contribution in [2.24, 2.45) is 0 Å². The highest BCUT2D eigenvalue weighted by molar-refractivity contribution is 9.10. The van der Waals surface area contributed by atoms with E-state index in [-0.39, 0.29) is 0 Å². The molecule has 0 saturated heterocycles.